The summed E-state index contributed by atoms with van der Waals surface area (Å²) in [5.41, 5.74) is 0.491. The van der Waals surface area contributed by atoms with Crippen LogP contribution in [0.5, 0.6) is 0 Å². The van der Waals surface area contributed by atoms with Crippen LogP contribution in [0.4, 0.5) is 4.79 Å². The minimum Gasteiger partial charge on any atom is -0.453 e. The minimum atomic E-state index is -1.08. The number of nitrogens with one attached hydrogen (secondary N) is 1. The van der Waals surface area contributed by atoms with Crippen LogP contribution >= 0.6 is 0 Å². The predicted octanol–water partition coefficient (Wildman–Crippen LogP) is 0.783. The molecule has 0 saturated heterocycles. The summed E-state index contributed by atoms with van der Waals surface area (Å²) in [4.78, 5) is 32.7. The molecule has 90 valence electrons. The number of alkyl carbamates (subject to hydrolysis) is 1. The van der Waals surface area contributed by atoms with E-state index >= 15 is 0 Å². The highest BCUT2D eigenvalue weighted by atomic mass is 16.6. The third-order valence-electron chi connectivity index (χ3n) is 1.98. The first kappa shape index (κ1) is 12.7. The molecule has 6 nitrogen and oxygen atoms in total. The van der Waals surface area contributed by atoms with E-state index in [-0.39, 0.29) is 6.47 Å². The topological polar surface area (TPSA) is 81.7 Å². The fourth-order valence-electron chi connectivity index (χ4n) is 1.22. The molecule has 0 aliphatic rings. The molecule has 0 saturated carbocycles. The van der Waals surface area contributed by atoms with Crippen LogP contribution < -0.4 is 5.32 Å². The maximum Gasteiger partial charge on any atom is 0.407 e. The van der Waals surface area contributed by atoms with Crippen LogP contribution in [-0.4, -0.2) is 25.6 Å². The molecule has 0 aliphatic heterocycles. The van der Waals surface area contributed by atoms with Crippen LogP contribution in [0.15, 0.2) is 30.3 Å². The largest absolute Gasteiger partial charge is 0.453 e. The van der Waals surface area contributed by atoms with Crippen LogP contribution in [0.25, 0.3) is 0 Å². The second kappa shape index (κ2) is 6.26. The molecule has 0 unspecified atom stereocenters. The van der Waals surface area contributed by atoms with Crippen molar-refractivity contribution in [1.29, 1.82) is 0 Å². The number of benzene rings is 1. The summed E-state index contributed by atoms with van der Waals surface area (Å²) in [6.45, 7) is 0.0111. The van der Waals surface area contributed by atoms with E-state index in [1.165, 1.54) is 7.11 Å². The van der Waals surface area contributed by atoms with Crippen molar-refractivity contribution in [3.63, 3.8) is 0 Å². The molecule has 0 aliphatic carbocycles. The van der Waals surface area contributed by atoms with Crippen LogP contribution in [0.2, 0.25) is 0 Å². The van der Waals surface area contributed by atoms with Crippen LogP contribution in [0.3, 0.4) is 0 Å². The molecule has 1 amide bonds. The Bertz CT molecular complexity index is 404. The Balaban J connectivity index is 2.90. The van der Waals surface area contributed by atoms with E-state index in [1.807, 2.05) is 0 Å². The van der Waals surface area contributed by atoms with E-state index in [1.54, 1.807) is 30.3 Å². The first-order valence-corrected chi connectivity index (χ1v) is 4.72. The highest BCUT2D eigenvalue weighted by Gasteiger charge is 2.24. The van der Waals surface area contributed by atoms with E-state index in [0.717, 1.165) is 0 Å². The quantitative estimate of drug-likeness (QED) is 0.475. The lowest BCUT2D eigenvalue weighted by molar-refractivity contribution is -0.153. The number of hydrogen-bond acceptors (Lipinski definition) is 5. The Morgan fingerprint density at radius 1 is 1.29 bits per heavy atom. The second-order valence-corrected chi connectivity index (χ2v) is 3.01. The maximum absolute atomic E-state index is 11.5. The predicted molar refractivity (Wildman–Crippen MR) is 56.9 cm³/mol. The Labute approximate surface area is 97.5 Å². The first-order chi connectivity index (χ1) is 8.19. The molecule has 0 radical (unpaired) electrons. The molecule has 0 aromatic heterocycles. The smallest absolute Gasteiger partial charge is 0.407 e. The van der Waals surface area contributed by atoms with Crippen LogP contribution in [0, 0.1) is 0 Å². The monoisotopic (exact) mass is 237 g/mol. The summed E-state index contributed by atoms with van der Waals surface area (Å²) >= 11 is 0. The lowest BCUT2D eigenvalue weighted by atomic mass is 10.1. The number of ether oxygens (including phenoxy) is 2. The van der Waals surface area contributed by atoms with E-state index in [4.69, 9.17) is 0 Å². The van der Waals surface area contributed by atoms with Gasteiger partial charge in [0, 0.05) is 0 Å². The minimum absolute atomic E-state index is 0.0111. The summed E-state index contributed by atoms with van der Waals surface area (Å²) in [6.07, 6.45) is -0.790. The van der Waals surface area contributed by atoms with Gasteiger partial charge in [-0.25, -0.2) is 9.59 Å². The van der Waals surface area contributed by atoms with Gasteiger partial charge < -0.3 is 14.8 Å². The van der Waals surface area contributed by atoms with Crippen molar-refractivity contribution < 1.29 is 23.9 Å². The molecule has 0 fully saturated rings. The third-order valence-corrected chi connectivity index (χ3v) is 1.98. The van der Waals surface area contributed by atoms with Gasteiger partial charge in [-0.15, -0.1) is 0 Å². The van der Waals surface area contributed by atoms with Crippen molar-refractivity contribution in [2.45, 2.75) is 6.04 Å². The Morgan fingerprint density at radius 2 is 1.94 bits per heavy atom. The van der Waals surface area contributed by atoms with Gasteiger partial charge in [-0.1, -0.05) is 30.3 Å². The Kier molecular flexibility index (Phi) is 4.68. The molecular formula is C11H11NO5. The van der Waals surface area contributed by atoms with Gasteiger partial charge in [0.2, 0.25) is 0 Å². The van der Waals surface area contributed by atoms with Crippen molar-refractivity contribution in [1.82, 2.24) is 5.32 Å². The number of hydrogen-bond donors (Lipinski definition) is 1. The SMILES string of the molecule is COC(=O)N[C@@H](C(=O)OC=O)c1ccccc1. The van der Waals surface area contributed by atoms with Crippen molar-refractivity contribution in [3.8, 4) is 0 Å². The fourth-order valence-corrected chi connectivity index (χ4v) is 1.22. The van der Waals surface area contributed by atoms with Crippen LogP contribution in [-0.2, 0) is 19.1 Å². The maximum atomic E-state index is 11.5. The van der Waals surface area contributed by atoms with E-state index < -0.39 is 18.1 Å². The standard InChI is InChI=1S/C11H11NO5/c1-16-11(15)12-9(10(14)17-7-13)8-5-3-2-4-6-8/h2-7,9H,1H3,(H,12,15)/t9-/m1/s1. The summed E-state index contributed by atoms with van der Waals surface area (Å²) in [5.74, 6) is -0.878. The molecule has 1 aromatic carbocycles. The summed E-state index contributed by atoms with van der Waals surface area (Å²) < 4.78 is 8.60. The highest BCUT2D eigenvalue weighted by Crippen LogP contribution is 2.14. The molecule has 6 heteroatoms. The molecule has 1 rings (SSSR count). The molecular weight excluding hydrogens is 226 g/mol. The average molecular weight is 237 g/mol. The van der Waals surface area contributed by atoms with Gasteiger partial charge in [-0.3, -0.25) is 4.79 Å². The molecule has 1 aromatic rings. The molecule has 0 spiro atoms. The number of esters is 1. The average Bonchev–Trinajstić information content (AvgIpc) is 2.36. The summed E-state index contributed by atoms with van der Waals surface area (Å²) in [6, 6.07) is 7.29. The van der Waals surface area contributed by atoms with Gasteiger partial charge in [0.1, 0.15) is 0 Å². The van der Waals surface area contributed by atoms with E-state index in [2.05, 4.69) is 14.8 Å². The number of amides is 1. The first-order valence-electron chi connectivity index (χ1n) is 4.72. The van der Waals surface area contributed by atoms with Crippen molar-refractivity contribution in [3.05, 3.63) is 35.9 Å². The van der Waals surface area contributed by atoms with Gasteiger partial charge >= 0.3 is 18.5 Å². The van der Waals surface area contributed by atoms with E-state index in [0.29, 0.717) is 5.56 Å². The van der Waals surface area contributed by atoms with E-state index in [9.17, 15) is 14.4 Å². The van der Waals surface area contributed by atoms with Gasteiger partial charge in [-0.2, -0.15) is 0 Å². The van der Waals surface area contributed by atoms with Gasteiger partial charge in [0.15, 0.2) is 6.04 Å². The zero-order chi connectivity index (χ0) is 12.7. The zero-order valence-electron chi connectivity index (χ0n) is 9.08. The number of carbonyl (C=O) groups is 3. The molecule has 1 atom stereocenters. The van der Waals surface area contributed by atoms with Gasteiger partial charge in [-0.05, 0) is 5.56 Å². The van der Waals surface area contributed by atoms with Gasteiger partial charge in [0.25, 0.3) is 0 Å². The summed E-state index contributed by atoms with van der Waals surface area (Å²) in [7, 11) is 1.17. The molecule has 1 N–H and O–H groups in total. The van der Waals surface area contributed by atoms with Gasteiger partial charge in [0.05, 0.1) is 7.11 Å². The Hall–Kier alpha value is -2.37. The fraction of sp³-hybridized carbons (Fsp3) is 0.182. The normalized spacial score (nSPS) is 11.1. The van der Waals surface area contributed by atoms with Crippen molar-refractivity contribution in [2.75, 3.05) is 7.11 Å². The van der Waals surface area contributed by atoms with Crippen LogP contribution in [0.1, 0.15) is 11.6 Å². The zero-order valence-corrected chi connectivity index (χ0v) is 9.08. The van der Waals surface area contributed by atoms with Crippen molar-refractivity contribution >= 4 is 18.5 Å². The summed E-state index contributed by atoms with van der Waals surface area (Å²) in [5, 5.41) is 2.27. The van der Waals surface area contributed by atoms with Crippen molar-refractivity contribution in [2.24, 2.45) is 0 Å². The number of methoxy groups -OCH3 is 1. The lowest BCUT2D eigenvalue weighted by Gasteiger charge is -2.15. The lowest BCUT2D eigenvalue weighted by Crippen LogP contribution is -2.34. The molecule has 17 heavy (non-hydrogen) atoms. The number of carbonyl (C=O) groups excluding carboxylic acids is 3. The number of rotatable bonds is 4. The highest BCUT2D eigenvalue weighted by molar-refractivity contribution is 5.86. The molecule has 0 bridgehead atoms. The second-order valence-electron chi connectivity index (χ2n) is 3.01. The molecule has 0 heterocycles. The third kappa shape index (κ3) is 3.60. The Morgan fingerprint density at radius 3 is 2.47 bits per heavy atom.